The second kappa shape index (κ2) is 13.4. The van der Waals surface area contributed by atoms with Crippen LogP contribution in [-0.2, 0) is 27.3 Å². The number of rotatable bonds is 10. The molecule has 2 aromatic rings. The highest BCUT2D eigenvalue weighted by molar-refractivity contribution is 7.14. The van der Waals surface area contributed by atoms with Crippen molar-refractivity contribution in [1.82, 2.24) is 10.6 Å². The summed E-state index contributed by atoms with van der Waals surface area (Å²) in [5.74, 6) is -5.98. The van der Waals surface area contributed by atoms with E-state index in [0.29, 0.717) is 11.4 Å². The summed E-state index contributed by atoms with van der Waals surface area (Å²) in [6.45, 7) is -0.0321. The molecule has 1 aliphatic heterocycles. The van der Waals surface area contributed by atoms with Gasteiger partial charge in [-0.25, -0.2) is 14.4 Å². The van der Waals surface area contributed by atoms with E-state index in [2.05, 4.69) is 10.6 Å². The van der Waals surface area contributed by atoms with Crippen molar-refractivity contribution < 1.29 is 61.9 Å². The van der Waals surface area contributed by atoms with E-state index in [1.165, 1.54) is 29.5 Å². The Morgan fingerprint density at radius 1 is 0.947 bits per heavy atom. The third kappa shape index (κ3) is 9.70. The van der Waals surface area contributed by atoms with Crippen LogP contribution < -0.4 is 20.1 Å². The van der Waals surface area contributed by atoms with Crippen molar-refractivity contribution in [1.29, 1.82) is 0 Å². The molecular weight excluding hydrogens is 541 g/mol. The lowest BCUT2D eigenvalue weighted by molar-refractivity contribution is -0.192. The first-order valence-electron chi connectivity index (χ1n) is 10.5. The molecule has 206 valence electrons. The molecule has 16 heteroatoms. The van der Waals surface area contributed by atoms with Crippen LogP contribution in [0.15, 0.2) is 24.3 Å². The fourth-order valence-electron chi connectivity index (χ4n) is 2.90. The van der Waals surface area contributed by atoms with E-state index in [-0.39, 0.29) is 29.5 Å². The molecule has 5 N–H and O–H groups in total. The lowest BCUT2D eigenvalue weighted by atomic mass is 10.1. The van der Waals surface area contributed by atoms with Crippen LogP contribution in [0.5, 0.6) is 11.5 Å². The molecule has 0 radical (unpaired) electrons. The highest BCUT2D eigenvalue weighted by Gasteiger charge is 2.38. The lowest BCUT2D eigenvalue weighted by Crippen LogP contribution is -2.29. The van der Waals surface area contributed by atoms with Gasteiger partial charge in [0.05, 0.1) is 11.4 Å². The second-order valence-corrected chi connectivity index (χ2v) is 8.59. The molecule has 0 atom stereocenters. The maximum Gasteiger partial charge on any atom is 0.490 e. The van der Waals surface area contributed by atoms with Crippen LogP contribution in [0.4, 0.5) is 13.2 Å². The molecular formula is C22H21F3N2O10S. The zero-order chi connectivity index (χ0) is 28.5. The summed E-state index contributed by atoms with van der Waals surface area (Å²) in [6.07, 6.45) is -4.23. The van der Waals surface area contributed by atoms with E-state index >= 15 is 0 Å². The van der Waals surface area contributed by atoms with E-state index in [0.717, 1.165) is 23.4 Å². The second-order valence-electron chi connectivity index (χ2n) is 7.45. The van der Waals surface area contributed by atoms with Crippen LogP contribution in [0.3, 0.4) is 0 Å². The smallest absolute Gasteiger partial charge is 0.482 e. The Kier molecular flexibility index (Phi) is 10.6. The Bertz CT molecular complexity index is 1150. The standard InChI is InChI=1S/C20H20N2O8S.C2HF3O2/c23-15(8-22-20(28)17-5-12-7-21-2-1-16(12)31-17)11-3-13(29-9-18(24)25)6-14(4-11)30-10-19(26)27;3-2(4,5)1(6)7/h3-6,21H,1-2,7-10H2,(H,22,28)(H,24,25)(H,26,27);(H,6,7). The van der Waals surface area contributed by atoms with Crippen LogP contribution in [0.2, 0.25) is 0 Å². The van der Waals surface area contributed by atoms with Gasteiger partial charge < -0.3 is 35.4 Å². The Hall–Kier alpha value is -4.18. The molecule has 1 aromatic carbocycles. The monoisotopic (exact) mass is 562 g/mol. The molecule has 2 heterocycles. The fourth-order valence-corrected chi connectivity index (χ4v) is 4.00. The Morgan fingerprint density at radius 2 is 1.50 bits per heavy atom. The number of hydrogen-bond acceptors (Lipinski definition) is 9. The van der Waals surface area contributed by atoms with Crippen molar-refractivity contribution in [2.75, 3.05) is 26.3 Å². The van der Waals surface area contributed by atoms with Crippen molar-refractivity contribution >= 4 is 40.9 Å². The number of ketones is 1. The van der Waals surface area contributed by atoms with Gasteiger partial charge in [0, 0.05) is 29.6 Å². The molecule has 0 fully saturated rings. The molecule has 3 rings (SSSR count). The average molecular weight is 562 g/mol. The van der Waals surface area contributed by atoms with Gasteiger partial charge in [-0.2, -0.15) is 13.2 Å². The summed E-state index contributed by atoms with van der Waals surface area (Å²) < 4.78 is 41.9. The Morgan fingerprint density at radius 3 is 1.97 bits per heavy atom. The zero-order valence-electron chi connectivity index (χ0n) is 19.3. The van der Waals surface area contributed by atoms with Crippen LogP contribution in [0.1, 0.15) is 30.5 Å². The third-order valence-electron chi connectivity index (χ3n) is 4.54. The predicted molar refractivity (Wildman–Crippen MR) is 123 cm³/mol. The number of carboxylic acids is 3. The molecule has 1 aliphatic rings. The maximum absolute atomic E-state index is 12.6. The first kappa shape index (κ1) is 30.0. The van der Waals surface area contributed by atoms with Crippen LogP contribution in [0.25, 0.3) is 0 Å². The molecule has 1 amide bonds. The van der Waals surface area contributed by atoms with Gasteiger partial charge in [0.25, 0.3) is 5.91 Å². The SMILES string of the molecule is O=C(O)C(F)(F)F.O=C(O)COc1cc(OCC(=O)O)cc(C(=O)CNC(=O)c2cc3c(s2)CCNC3)c1. The van der Waals surface area contributed by atoms with E-state index in [9.17, 15) is 32.3 Å². The number of Topliss-reactive ketones (excluding diaryl/α,β-unsaturated/α-hetero) is 1. The topological polar surface area (TPSA) is 189 Å². The molecule has 0 saturated carbocycles. The quantitative estimate of drug-likeness (QED) is 0.264. The Labute approximate surface area is 216 Å². The van der Waals surface area contributed by atoms with Gasteiger partial charge in [-0.1, -0.05) is 0 Å². The summed E-state index contributed by atoms with van der Waals surface area (Å²) in [6, 6.07) is 5.71. The summed E-state index contributed by atoms with van der Waals surface area (Å²) >= 11 is 1.40. The molecule has 0 bridgehead atoms. The number of carbonyl (C=O) groups is 5. The number of halogens is 3. The molecule has 0 spiro atoms. The minimum absolute atomic E-state index is 0.0263. The molecule has 1 aromatic heterocycles. The van der Waals surface area contributed by atoms with Crippen molar-refractivity contribution in [3.8, 4) is 11.5 Å². The largest absolute Gasteiger partial charge is 0.490 e. The first-order valence-corrected chi connectivity index (χ1v) is 11.4. The van der Waals surface area contributed by atoms with Gasteiger partial charge in [-0.05, 0) is 30.2 Å². The maximum atomic E-state index is 12.6. The molecule has 0 saturated heterocycles. The minimum atomic E-state index is -5.08. The number of carboxylic acid groups (broad SMARTS) is 3. The number of hydrogen-bond donors (Lipinski definition) is 5. The number of alkyl halides is 3. The van der Waals surface area contributed by atoms with E-state index < -0.39 is 43.1 Å². The fraction of sp³-hybridized carbons (Fsp3) is 0.318. The third-order valence-corrected chi connectivity index (χ3v) is 5.78. The van der Waals surface area contributed by atoms with Gasteiger partial charge in [0.1, 0.15) is 11.5 Å². The van der Waals surface area contributed by atoms with Crippen LogP contribution in [0, 0.1) is 0 Å². The van der Waals surface area contributed by atoms with Gasteiger partial charge in [0.15, 0.2) is 19.0 Å². The molecule has 38 heavy (non-hydrogen) atoms. The predicted octanol–water partition coefficient (Wildman–Crippen LogP) is 1.57. The van der Waals surface area contributed by atoms with Crippen molar-refractivity contribution in [3.05, 3.63) is 45.1 Å². The first-order chi connectivity index (χ1) is 17.8. The highest BCUT2D eigenvalue weighted by Crippen LogP contribution is 2.26. The van der Waals surface area contributed by atoms with Crippen molar-refractivity contribution in [2.24, 2.45) is 0 Å². The minimum Gasteiger partial charge on any atom is -0.482 e. The van der Waals surface area contributed by atoms with E-state index in [1.54, 1.807) is 0 Å². The summed E-state index contributed by atoms with van der Waals surface area (Å²) in [4.78, 5) is 57.0. The summed E-state index contributed by atoms with van der Waals surface area (Å²) in [7, 11) is 0. The number of fused-ring (bicyclic) bond motifs is 1. The van der Waals surface area contributed by atoms with E-state index in [1.807, 2.05) is 6.07 Å². The normalized spacial score (nSPS) is 12.3. The van der Waals surface area contributed by atoms with Crippen molar-refractivity contribution in [2.45, 2.75) is 19.1 Å². The molecule has 0 aliphatic carbocycles. The number of ether oxygens (including phenoxy) is 2. The highest BCUT2D eigenvalue weighted by atomic mass is 32.1. The van der Waals surface area contributed by atoms with Gasteiger partial charge in [-0.3, -0.25) is 9.59 Å². The molecule has 12 nitrogen and oxygen atoms in total. The average Bonchev–Trinajstić information content (AvgIpc) is 3.29. The number of aliphatic carboxylic acids is 3. The van der Waals surface area contributed by atoms with Crippen molar-refractivity contribution in [3.63, 3.8) is 0 Å². The summed E-state index contributed by atoms with van der Waals surface area (Å²) in [5.41, 5.74) is 1.16. The molecule has 0 unspecified atom stereocenters. The number of nitrogens with one attached hydrogen (secondary N) is 2. The van der Waals surface area contributed by atoms with Gasteiger partial charge >= 0.3 is 24.1 Å². The summed E-state index contributed by atoms with van der Waals surface area (Å²) in [5, 5.41) is 30.5. The van der Waals surface area contributed by atoms with Crippen LogP contribution >= 0.6 is 11.3 Å². The number of amides is 1. The number of carbonyl (C=O) groups excluding carboxylic acids is 2. The lowest BCUT2D eigenvalue weighted by Gasteiger charge is -2.10. The number of thiophene rings is 1. The zero-order valence-corrected chi connectivity index (χ0v) is 20.1. The van der Waals surface area contributed by atoms with E-state index in [4.69, 9.17) is 29.6 Å². The number of benzene rings is 1. The Balaban J connectivity index is 0.000000638. The van der Waals surface area contributed by atoms with Crippen LogP contribution in [-0.4, -0.2) is 77.4 Å². The van der Waals surface area contributed by atoms with Gasteiger partial charge in [-0.15, -0.1) is 11.3 Å². The van der Waals surface area contributed by atoms with Gasteiger partial charge in [0.2, 0.25) is 0 Å².